The Labute approximate surface area is 181 Å². The molecule has 1 aliphatic heterocycles. The molecule has 0 radical (unpaired) electrons. The van der Waals surface area contributed by atoms with E-state index < -0.39 is 11.7 Å². The molecule has 0 saturated carbocycles. The van der Waals surface area contributed by atoms with Gasteiger partial charge in [-0.3, -0.25) is 4.79 Å². The number of carbonyl (C=O) groups excluding carboxylic acids is 1. The molecule has 0 spiro atoms. The number of amides is 1. The lowest BCUT2D eigenvalue weighted by atomic mass is 9.88. The zero-order valence-corrected chi connectivity index (χ0v) is 18.3. The van der Waals surface area contributed by atoms with Crippen LogP contribution in [0.15, 0.2) is 47.6 Å². The first kappa shape index (κ1) is 21.8. The summed E-state index contributed by atoms with van der Waals surface area (Å²) in [4.78, 5) is 14.1. The molecule has 0 saturated heterocycles. The van der Waals surface area contributed by atoms with Crippen molar-refractivity contribution in [2.45, 2.75) is 33.2 Å². The van der Waals surface area contributed by atoms with Crippen LogP contribution in [0.5, 0.6) is 5.75 Å². The molecular formula is C23H25ClFN3O2. The summed E-state index contributed by atoms with van der Waals surface area (Å²) in [5.41, 5.74) is 5.35. The van der Waals surface area contributed by atoms with Gasteiger partial charge in [0.2, 0.25) is 0 Å². The summed E-state index contributed by atoms with van der Waals surface area (Å²) in [7, 11) is 0. The number of hydrogen-bond donors (Lipinski definition) is 1. The van der Waals surface area contributed by atoms with E-state index in [1.165, 1.54) is 12.3 Å². The smallest absolute Gasteiger partial charge is 0.277 e. The van der Waals surface area contributed by atoms with Crippen LogP contribution in [0.1, 0.15) is 38.8 Å². The largest absolute Gasteiger partial charge is 0.484 e. The van der Waals surface area contributed by atoms with Gasteiger partial charge in [-0.05, 0) is 63.6 Å². The van der Waals surface area contributed by atoms with Crippen LogP contribution in [0.25, 0.3) is 5.57 Å². The second-order valence-corrected chi connectivity index (χ2v) is 8.09. The van der Waals surface area contributed by atoms with Crippen LogP contribution in [0.3, 0.4) is 0 Å². The molecule has 2 aromatic carbocycles. The van der Waals surface area contributed by atoms with Crippen molar-refractivity contribution < 1.29 is 13.9 Å². The number of allylic oxidation sites excluding steroid dienone is 1. The Morgan fingerprint density at radius 3 is 2.80 bits per heavy atom. The van der Waals surface area contributed by atoms with Gasteiger partial charge in [0, 0.05) is 28.4 Å². The fourth-order valence-corrected chi connectivity index (χ4v) is 3.88. The number of fused-ring (bicyclic) bond motifs is 1. The van der Waals surface area contributed by atoms with Crippen LogP contribution < -0.4 is 15.1 Å². The van der Waals surface area contributed by atoms with Gasteiger partial charge in [-0.15, -0.1) is 0 Å². The molecule has 0 aromatic heterocycles. The van der Waals surface area contributed by atoms with Gasteiger partial charge in [-0.2, -0.15) is 5.10 Å². The lowest BCUT2D eigenvalue weighted by Gasteiger charge is -2.42. The van der Waals surface area contributed by atoms with Gasteiger partial charge in [-0.1, -0.05) is 23.7 Å². The van der Waals surface area contributed by atoms with Gasteiger partial charge < -0.3 is 9.64 Å². The summed E-state index contributed by atoms with van der Waals surface area (Å²) in [6.07, 6.45) is 3.48. The van der Waals surface area contributed by atoms with E-state index in [4.69, 9.17) is 16.3 Å². The maximum absolute atomic E-state index is 14.7. The first-order valence-electron chi connectivity index (χ1n) is 9.72. The summed E-state index contributed by atoms with van der Waals surface area (Å²) in [6, 6.07) is 10.0. The average Bonchev–Trinajstić information content (AvgIpc) is 2.67. The predicted octanol–water partition coefficient (Wildman–Crippen LogP) is 5.03. The minimum absolute atomic E-state index is 0.190. The van der Waals surface area contributed by atoms with Gasteiger partial charge in [0.25, 0.3) is 5.91 Å². The standard InChI is InChI=1S/C23H25ClFN3O2/c1-5-28-21-11-20(25)16(9-19(21)15(2)12-23(28,3)4)13-26-27-22(29)14-30-18-8-6-7-17(24)10-18/h6-13H,5,14H2,1-4H3,(H,27,29)/b26-13+. The van der Waals surface area contributed by atoms with Gasteiger partial charge in [0.15, 0.2) is 6.61 Å². The number of benzene rings is 2. The summed E-state index contributed by atoms with van der Waals surface area (Å²) in [5, 5.41) is 4.39. The lowest BCUT2D eigenvalue weighted by Crippen LogP contribution is -2.45. The molecular weight excluding hydrogens is 405 g/mol. The molecule has 30 heavy (non-hydrogen) atoms. The minimum atomic E-state index is -0.459. The Morgan fingerprint density at radius 1 is 1.33 bits per heavy atom. The normalized spacial score (nSPS) is 15.0. The third kappa shape index (κ3) is 4.82. The van der Waals surface area contributed by atoms with E-state index >= 15 is 0 Å². The summed E-state index contributed by atoms with van der Waals surface area (Å²) in [6.45, 7) is 8.82. The topological polar surface area (TPSA) is 53.9 Å². The highest BCUT2D eigenvalue weighted by Gasteiger charge is 2.30. The quantitative estimate of drug-likeness (QED) is 0.517. The fourth-order valence-electron chi connectivity index (χ4n) is 3.70. The minimum Gasteiger partial charge on any atom is -0.484 e. The highest BCUT2D eigenvalue weighted by molar-refractivity contribution is 6.30. The SMILES string of the molecule is CCN1c2cc(F)c(/C=N/NC(=O)COc3cccc(Cl)c3)cc2C(C)=CC1(C)C. The first-order chi connectivity index (χ1) is 14.2. The van der Waals surface area contributed by atoms with Crippen LogP contribution in [-0.2, 0) is 4.79 Å². The Morgan fingerprint density at radius 2 is 2.10 bits per heavy atom. The Kier molecular flexibility index (Phi) is 6.46. The van der Waals surface area contributed by atoms with E-state index in [1.54, 1.807) is 30.3 Å². The van der Waals surface area contributed by atoms with E-state index in [9.17, 15) is 9.18 Å². The van der Waals surface area contributed by atoms with Gasteiger partial charge >= 0.3 is 0 Å². The first-order valence-corrected chi connectivity index (χ1v) is 10.1. The predicted molar refractivity (Wildman–Crippen MR) is 120 cm³/mol. The van der Waals surface area contributed by atoms with Gasteiger partial charge in [0.1, 0.15) is 11.6 Å². The molecule has 3 rings (SSSR count). The number of hydrazone groups is 1. The number of ether oxygens (including phenoxy) is 1. The Hall–Kier alpha value is -2.86. The molecule has 7 heteroatoms. The van der Waals surface area contributed by atoms with E-state index in [0.717, 1.165) is 23.4 Å². The number of likely N-dealkylation sites (N-methyl/N-ethyl adjacent to an activating group) is 1. The molecule has 0 fully saturated rings. The van der Waals surface area contributed by atoms with Crippen LogP contribution in [0.2, 0.25) is 5.02 Å². The molecule has 0 atom stereocenters. The van der Waals surface area contributed by atoms with Crippen molar-refractivity contribution in [3.8, 4) is 5.75 Å². The van der Waals surface area contributed by atoms with Crippen molar-refractivity contribution in [3.05, 3.63) is 64.4 Å². The number of rotatable bonds is 6. The number of nitrogens with zero attached hydrogens (tertiary/aromatic N) is 2. The lowest BCUT2D eigenvalue weighted by molar-refractivity contribution is -0.123. The average molecular weight is 430 g/mol. The summed E-state index contributed by atoms with van der Waals surface area (Å²) in [5.74, 6) is -0.376. The molecule has 2 aromatic rings. The molecule has 5 nitrogen and oxygen atoms in total. The van der Waals surface area contributed by atoms with E-state index in [0.29, 0.717) is 16.3 Å². The maximum Gasteiger partial charge on any atom is 0.277 e. The number of halogens is 2. The van der Waals surface area contributed by atoms with Crippen molar-refractivity contribution in [1.82, 2.24) is 5.43 Å². The van der Waals surface area contributed by atoms with Crippen molar-refractivity contribution >= 4 is 35.0 Å². The highest BCUT2D eigenvalue weighted by Crippen LogP contribution is 2.39. The number of carbonyl (C=O) groups is 1. The van der Waals surface area contributed by atoms with Gasteiger partial charge in [0.05, 0.1) is 11.8 Å². The van der Waals surface area contributed by atoms with Crippen LogP contribution in [-0.4, -0.2) is 30.8 Å². The third-order valence-electron chi connectivity index (χ3n) is 4.97. The molecule has 1 amide bonds. The molecule has 1 N–H and O–H groups in total. The number of nitrogens with one attached hydrogen (secondary N) is 1. The van der Waals surface area contributed by atoms with Gasteiger partial charge in [-0.25, -0.2) is 9.82 Å². The molecule has 1 heterocycles. The second-order valence-electron chi connectivity index (χ2n) is 7.66. The second kappa shape index (κ2) is 8.88. The Bertz CT molecular complexity index is 1020. The van der Waals surface area contributed by atoms with E-state index in [-0.39, 0.29) is 12.1 Å². The number of hydrogen-bond acceptors (Lipinski definition) is 4. The summed E-state index contributed by atoms with van der Waals surface area (Å²) < 4.78 is 20.1. The highest BCUT2D eigenvalue weighted by atomic mass is 35.5. The fraction of sp³-hybridized carbons (Fsp3) is 0.304. The van der Waals surface area contributed by atoms with E-state index in [2.05, 4.69) is 35.4 Å². The molecule has 158 valence electrons. The van der Waals surface area contributed by atoms with Crippen molar-refractivity contribution in [3.63, 3.8) is 0 Å². The molecule has 0 bridgehead atoms. The monoisotopic (exact) mass is 429 g/mol. The van der Waals surface area contributed by atoms with Crippen molar-refractivity contribution in [2.24, 2.45) is 5.10 Å². The van der Waals surface area contributed by atoms with E-state index in [1.807, 2.05) is 13.8 Å². The summed E-state index contributed by atoms with van der Waals surface area (Å²) >= 11 is 5.87. The van der Waals surface area contributed by atoms with Crippen LogP contribution in [0.4, 0.5) is 10.1 Å². The molecule has 1 aliphatic rings. The Balaban J connectivity index is 1.69. The zero-order valence-electron chi connectivity index (χ0n) is 17.5. The van der Waals surface area contributed by atoms with Crippen molar-refractivity contribution in [1.29, 1.82) is 0 Å². The zero-order chi connectivity index (χ0) is 21.9. The molecule has 0 aliphatic carbocycles. The van der Waals surface area contributed by atoms with Crippen LogP contribution >= 0.6 is 11.6 Å². The number of anilines is 1. The maximum atomic E-state index is 14.7. The van der Waals surface area contributed by atoms with Crippen molar-refractivity contribution in [2.75, 3.05) is 18.1 Å². The van der Waals surface area contributed by atoms with Crippen LogP contribution in [0, 0.1) is 5.82 Å². The molecule has 0 unspecified atom stereocenters. The third-order valence-corrected chi connectivity index (χ3v) is 5.21.